The molecule has 0 bridgehead atoms. The van der Waals surface area contributed by atoms with Crippen molar-refractivity contribution in [2.75, 3.05) is 49.6 Å². The minimum atomic E-state index is -4.55. The summed E-state index contributed by atoms with van der Waals surface area (Å²) < 4.78 is 41.3. The average molecular weight is 517 g/mol. The van der Waals surface area contributed by atoms with Gasteiger partial charge in [0.2, 0.25) is 5.13 Å². The fourth-order valence-electron chi connectivity index (χ4n) is 3.49. The molecular formula is C23H23F3N8OS. The van der Waals surface area contributed by atoms with Crippen molar-refractivity contribution in [1.29, 1.82) is 0 Å². The molecule has 1 aromatic carbocycles. The zero-order chi connectivity index (χ0) is 25.7. The number of amides is 2. The first-order valence-electron chi connectivity index (χ1n) is 10.9. The molecule has 1 fully saturated rings. The van der Waals surface area contributed by atoms with Crippen LogP contribution in [0.3, 0.4) is 0 Å². The van der Waals surface area contributed by atoms with Gasteiger partial charge in [-0.1, -0.05) is 23.3 Å². The van der Waals surface area contributed by atoms with Gasteiger partial charge in [-0.15, -0.1) is 10.2 Å². The molecule has 3 heterocycles. The lowest BCUT2D eigenvalue weighted by Gasteiger charge is -2.33. The molecule has 0 saturated carbocycles. The van der Waals surface area contributed by atoms with Crippen LogP contribution >= 0.6 is 11.3 Å². The molecule has 188 valence electrons. The zero-order valence-corrected chi connectivity index (χ0v) is 20.1. The van der Waals surface area contributed by atoms with E-state index >= 15 is 0 Å². The Morgan fingerprint density at radius 3 is 2.58 bits per heavy atom. The lowest BCUT2D eigenvalue weighted by Crippen LogP contribution is -2.44. The SMILES string of the molecule is CN1CCN(Cc2ccc(NC(=O)Nc3nnc(C#Cc4ccc(N)nc4)s3)cc2C(F)(F)F)CC1. The summed E-state index contributed by atoms with van der Waals surface area (Å²) in [6.45, 7) is 3.19. The molecule has 1 aliphatic rings. The number of halogens is 3. The number of rotatable bonds is 4. The van der Waals surface area contributed by atoms with Crippen molar-refractivity contribution in [3.05, 3.63) is 58.2 Å². The number of nitrogens with one attached hydrogen (secondary N) is 2. The van der Waals surface area contributed by atoms with E-state index in [0.717, 1.165) is 30.5 Å². The molecule has 0 atom stereocenters. The maximum absolute atomic E-state index is 13.8. The summed E-state index contributed by atoms with van der Waals surface area (Å²) >= 11 is 1.02. The van der Waals surface area contributed by atoms with Gasteiger partial charge in [-0.05, 0) is 42.8 Å². The molecule has 36 heavy (non-hydrogen) atoms. The van der Waals surface area contributed by atoms with Crippen LogP contribution in [0.2, 0.25) is 0 Å². The van der Waals surface area contributed by atoms with E-state index in [1.54, 1.807) is 12.1 Å². The first kappa shape index (κ1) is 25.4. The van der Waals surface area contributed by atoms with Gasteiger partial charge >= 0.3 is 12.2 Å². The Morgan fingerprint density at radius 2 is 1.89 bits per heavy atom. The van der Waals surface area contributed by atoms with Gasteiger partial charge in [0.15, 0.2) is 5.01 Å². The highest BCUT2D eigenvalue weighted by Crippen LogP contribution is 2.34. The fourth-order valence-corrected chi connectivity index (χ4v) is 4.08. The van der Waals surface area contributed by atoms with E-state index in [1.807, 2.05) is 11.9 Å². The Hall–Kier alpha value is -3.73. The number of nitrogens with two attached hydrogens (primary N) is 1. The number of urea groups is 1. The van der Waals surface area contributed by atoms with Crippen molar-refractivity contribution >= 4 is 34.0 Å². The molecule has 2 aromatic heterocycles. The van der Waals surface area contributed by atoms with Crippen molar-refractivity contribution in [2.24, 2.45) is 0 Å². The monoisotopic (exact) mass is 516 g/mol. The number of likely N-dealkylation sites (N-methyl/N-ethyl adjacent to an activating group) is 1. The molecule has 0 unspecified atom stereocenters. The summed E-state index contributed by atoms with van der Waals surface area (Å²) in [5.74, 6) is 6.03. The fraction of sp³-hybridized carbons (Fsp3) is 0.304. The van der Waals surface area contributed by atoms with E-state index in [1.165, 1.54) is 18.3 Å². The summed E-state index contributed by atoms with van der Waals surface area (Å²) in [6, 6.07) is 6.38. The number of pyridine rings is 1. The maximum atomic E-state index is 13.8. The number of nitrogens with zero attached hydrogens (tertiary/aromatic N) is 5. The number of hydrogen-bond donors (Lipinski definition) is 3. The highest BCUT2D eigenvalue weighted by Gasteiger charge is 2.34. The molecule has 9 nitrogen and oxygen atoms in total. The molecule has 4 N–H and O–H groups in total. The normalized spacial score (nSPS) is 14.7. The summed E-state index contributed by atoms with van der Waals surface area (Å²) in [4.78, 5) is 20.4. The van der Waals surface area contributed by atoms with E-state index in [2.05, 4.69) is 42.6 Å². The second-order valence-corrected chi connectivity index (χ2v) is 9.14. The number of aromatic nitrogens is 3. The van der Waals surface area contributed by atoms with Crippen LogP contribution in [0.5, 0.6) is 0 Å². The highest BCUT2D eigenvalue weighted by atomic mass is 32.1. The third-order valence-corrected chi connectivity index (χ3v) is 6.16. The van der Waals surface area contributed by atoms with Gasteiger partial charge in [0.1, 0.15) is 5.82 Å². The van der Waals surface area contributed by atoms with Crippen molar-refractivity contribution in [2.45, 2.75) is 12.7 Å². The predicted octanol–water partition coefficient (Wildman–Crippen LogP) is 3.33. The number of piperazine rings is 1. The van der Waals surface area contributed by atoms with Gasteiger partial charge in [0.25, 0.3) is 0 Å². The number of alkyl halides is 3. The van der Waals surface area contributed by atoms with Crippen LogP contribution in [-0.2, 0) is 12.7 Å². The quantitative estimate of drug-likeness (QED) is 0.456. The Morgan fingerprint density at radius 1 is 1.11 bits per heavy atom. The number of benzene rings is 1. The molecule has 4 rings (SSSR count). The molecule has 13 heteroatoms. The molecule has 0 spiro atoms. The van der Waals surface area contributed by atoms with Gasteiger partial charge in [0.05, 0.1) is 5.56 Å². The van der Waals surface area contributed by atoms with Gasteiger partial charge < -0.3 is 16.0 Å². The number of hydrogen-bond acceptors (Lipinski definition) is 8. The minimum Gasteiger partial charge on any atom is -0.384 e. The summed E-state index contributed by atoms with van der Waals surface area (Å²) in [6.07, 6.45) is -3.04. The van der Waals surface area contributed by atoms with Crippen LogP contribution in [0.4, 0.5) is 34.6 Å². The number of anilines is 3. The lowest BCUT2D eigenvalue weighted by molar-refractivity contribution is -0.138. The molecule has 0 aliphatic carbocycles. The number of nitrogen functional groups attached to an aromatic ring is 1. The number of carbonyl (C=O) groups is 1. The van der Waals surface area contributed by atoms with Crippen LogP contribution in [0.1, 0.15) is 21.7 Å². The van der Waals surface area contributed by atoms with Crippen LogP contribution in [0.25, 0.3) is 0 Å². The number of carbonyl (C=O) groups excluding carboxylic acids is 1. The average Bonchev–Trinajstić information content (AvgIpc) is 3.27. The van der Waals surface area contributed by atoms with Gasteiger partial charge in [0, 0.05) is 50.2 Å². The van der Waals surface area contributed by atoms with Crippen LogP contribution in [0, 0.1) is 11.8 Å². The Labute approximate surface area is 209 Å². The van der Waals surface area contributed by atoms with Gasteiger partial charge in [-0.2, -0.15) is 13.2 Å². The molecular weight excluding hydrogens is 493 g/mol. The van der Waals surface area contributed by atoms with E-state index in [4.69, 9.17) is 5.73 Å². The second-order valence-electron chi connectivity index (χ2n) is 8.16. The Balaban J connectivity index is 1.39. The molecule has 2 amide bonds. The van der Waals surface area contributed by atoms with Crippen molar-refractivity contribution in [3.63, 3.8) is 0 Å². The van der Waals surface area contributed by atoms with E-state index in [0.29, 0.717) is 29.5 Å². The first-order valence-corrected chi connectivity index (χ1v) is 11.7. The summed E-state index contributed by atoms with van der Waals surface area (Å²) in [5, 5.41) is 13.1. The third-order valence-electron chi connectivity index (χ3n) is 5.41. The maximum Gasteiger partial charge on any atom is 0.416 e. The molecule has 1 saturated heterocycles. The van der Waals surface area contributed by atoms with Crippen molar-refractivity contribution in [1.82, 2.24) is 25.0 Å². The van der Waals surface area contributed by atoms with Gasteiger partial charge in [-0.25, -0.2) is 9.78 Å². The first-order chi connectivity index (χ1) is 17.2. The highest BCUT2D eigenvalue weighted by molar-refractivity contribution is 7.15. The largest absolute Gasteiger partial charge is 0.416 e. The summed E-state index contributed by atoms with van der Waals surface area (Å²) in [7, 11) is 1.99. The van der Waals surface area contributed by atoms with Crippen LogP contribution in [-0.4, -0.2) is 64.2 Å². The van der Waals surface area contributed by atoms with E-state index < -0.39 is 17.8 Å². The Bertz CT molecular complexity index is 1270. The lowest BCUT2D eigenvalue weighted by atomic mass is 10.0. The molecule has 3 aromatic rings. The van der Waals surface area contributed by atoms with E-state index in [-0.39, 0.29) is 22.9 Å². The molecule has 0 radical (unpaired) electrons. The van der Waals surface area contributed by atoms with E-state index in [9.17, 15) is 18.0 Å². The zero-order valence-electron chi connectivity index (χ0n) is 19.3. The van der Waals surface area contributed by atoms with Crippen LogP contribution < -0.4 is 16.4 Å². The smallest absolute Gasteiger partial charge is 0.384 e. The minimum absolute atomic E-state index is 0.0160. The second kappa shape index (κ2) is 10.9. The van der Waals surface area contributed by atoms with Gasteiger partial charge in [-0.3, -0.25) is 10.2 Å². The molecule has 1 aliphatic heterocycles. The summed E-state index contributed by atoms with van der Waals surface area (Å²) in [5.41, 5.74) is 5.57. The van der Waals surface area contributed by atoms with Crippen molar-refractivity contribution in [3.8, 4) is 11.8 Å². The topological polar surface area (TPSA) is 112 Å². The third kappa shape index (κ3) is 6.91. The predicted molar refractivity (Wildman–Crippen MR) is 131 cm³/mol. The van der Waals surface area contributed by atoms with Crippen LogP contribution in [0.15, 0.2) is 36.5 Å². The standard InChI is InChI=1S/C23H23F3N8OS/c1-33-8-10-34(11-9-33)14-16-4-5-17(12-18(16)23(24,25)26)29-21(35)30-22-32-31-20(36-22)7-3-15-2-6-19(27)28-13-15/h2,4-6,12-13H,8-11,14H2,1H3,(H2,27,28)(H2,29,30,32,35). The Kier molecular flexibility index (Phi) is 7.68. The van der Waals surface area contributed by atoms with Crippen molar-refractivity contribution < 1.29 is 18.0 Å².